The first-order valence-electron chi connectivity index (χ1n) is 6.66. The van der Waals surface area contributed by atoms with Crippen molar-refractivity contribution in [3.63, 3.8) is 0 Å². The van der Waals surface area contributed by atoms with Gasteiger partial charge in [0, 0.05) is 18.7 Å². The van der Waals surface area contributed by atoms with Gasteiger partial charge < -0.3 is 16.0 Å². The highest BCUT2D eigenvalue weighted by Crippen LogP contribution is 2.24. The zero-order valence-corrected chi connectivity index (χ0v) is 11.6. The smallest absolute Gasteiger partial charge is 0.271 e. The maximum atomic E-state index is 10.8. The zero-order valence-electron chi connectivity index (χ0n) is 11.6. The van der Waals surface area contributed by atoms with Crippen LogP contribution >= 0.6 is 0 Å². The number of nitrogens with zero attached hydrogens (tertiary/aromatic N) is 2. The van der Waals surface area contributed by atoms with Crippen LogP contribution in [0.15, 0.2) is 18.2 Å². The van der Waals surface area contributed by atoms with Gasteiger partial charge in [-0.15, -0.1) is 0 Å². The SMILES string of the molecule is CCC(CC)(CN)Nc1nc2ccc([N+](=O)[O-])cc2[nH]1. The van der Waals surface area contributed by atoms with Gasteiger partial charge in [-0.05, 0) is 18.9 Å². The lowest BCUT2D eigenvalue weighted by atomic mass is 9.93. The van der Waals surface area contributed by atoms with Crippen LogP contribution in [0.5, 0.6) is 0 Å². The Balaban J connectivity index is 2.34. The summed E-state index contributed by atoms with van der Waals surface area (Å²) in [6.07, 6.45) is 1.74. The van der Waals surface area contributed by atoms with Crippen molar-refractivity contribution in [1.29, 1.82) is 0 Å². The van der Waals surface area contributed by atoms with Gasteiger partial charge in [0.25, 0.3) is 5.69 Å². The number of benzene rings is 1. The minimum atomic E-state index is -0.421. The molecule has 1 aromatic carbocycles. The molecule has 0 bridgehead atoms. The predicted octanol–water partition coefficient (Wildman–Crippen LogP) is 2.40. The molecule has 2 rings (SSSR count). The Hall–Kier alpha value is -2.15. The lowest BCUT2D eigenvalue weighted by Gasteiger charge is -2.31. The summed E-state index contributed by atoms with van der Waals surface area (Å²) in [5.74, 6) is 0.592. The number of nitro groups is 1. The van der Waals surface area contributed by atoms with E-state index in [2.05, 4.69) is 29.1 Å². The van der Waals surface area contributed by atoms with Crippen molar-refractivity contribution in [3.05, 3.63) is 28.3 Å². The summed E-state index contributed by atoms with van der Waals surface area (Å²) in [5, 5.41) is 14.1. The molecule has 0 saturated carbocycles. The van der Waals surface area contributed by atoms with E-state index in [0.717, 1.165) is 12.8 Å². The number of anilines is 1. The van der Waals surface area contributed by atoms with Gasteiger partial charge in [0.15, 0.2) is 0 Å². The number of rotatable bonds is 6. The Labute approximate surface area is 116 Å². The summed E-state index contributed by atoms with van der Waals surface area (Å²) >= 11 is 0. The van der Waals surface area contributed by atoms with Gasteiger partial charge >= 0.3 is 0 Å². The Kier molecular flexibility index (Phi) is 3.89. The molecule has 1 aromatic heterocycles. The number of nitrogens with one attached hydrogen (secondary N) is 2. The van der Waals surface area contributed by atoms with Crippen LogP contribution in [0.25, 0.3) is 11.0 Å². The molecule has 0 radical (unpaired) electrons. The van der Waals surface area contributed by atoms with Crippen LogP contribution in [0.1, 0.15) is 26.7 Å². The zero-order chi connectivity index (χ0) is 14.8. The first kappa shape index (κ1) is 14.3. The Morgan fingerprint density at radius 1 is 1.45 bits per heavy atom. The second-order valence-corrected chi connectivity index (χ2v) is 4.86. The highest BCUT2D eigenvalue weighted by molar-refractivity contribution is 5.80. The number of imidazole rings is 1. The summed E-state index contributed by atoms with van der Waals surface area (Å²) < 4.78 is 0. The summed E-state index contributed by atoms with van der Waals surface area (Å²) in [6.45, 7) is 4.63. The third-order valence-corrected chi connectivity index (χ3v) is 3.80. The van der Waals surface area contributed by atoms with E-state index in [-0.39, 0.29) is 11.2 Å². The molecule has 0 spiro atoms. The quantitative estimate of drug-likeness (QED) is 0.554. The highest BCUT2D eigenvalue weighted by Gasteiger charge is 2.25. The van der Waals surface area contributed by atoms with Gasteiger partial charge in [-0.1, -0.05) is 13.8 Å². The maximum absolute atomic E-state index is 10.8. The normalized spacial score (nSPS) is 11.8. The van der Waals surface area contributed by atoms with Gasteiger partial charge in [0.1, 0.15) is 0 Å². The first-order chi connectivity index (χ1) is 9.53. The summed E-state index contributed by atoms with van der Waals surface area (Å²) in [5.41, 5.74) is 7.01. The number of aromatic nitrogens is 2. The number of non-ortho nitro benzene ring substituents is 1. The fourth-order valence-corrected chi connectivity index (χ4v) is 2.19. The molecule has 4 N–H and O–H groups in total. The molecule has 0 aliphatic rings. The molecule has 0 amide bonds. The third kappa shape index (κ3) is 2.57. The lowest BCUT2D eigenvalue weighted by molar-refractivity contribution is -0.384. The van der Waals surface area contributed by atoms with E-state index in [9.17, 15) is 10.1 Å². The summed E-state index contributed by atoms with van der Waals surface area (Å²) in [7, 11) is 0. The molecule has 20 heavy (non-hydrogen) atoms. The Morgan fingerprint density at radius 2 is 2.15 bits per heavy atom. The van der Waals surface area contributed by atoms with Crippen molar-refractivity contribution in [1.82, 2.24) is 9.97 Å². The standard InChI is InChI=1S/C13H19N5O2/c1-3-13(4-2,8-14)17-12-15-10-6-5-9(18(19)20)7-11(10)16-12/h5-7H,3-4,8,14H2,1-2H3,(H2,15,16,17). The molecule has 7 heteroatoms. The first-order valence-corrected chi connectivity index (χ1v) is 6.66. The van der Waals surface area contributed by atoms with Crippen LogP contribution in [0.2, 0.25) is 0 Å². The Morgan fingerprint density at radius 3 is 2.70 bits per heavy atom. The maximum Gasteiger partial charge on any atom is 0.271 e. The van der Waals surface area contributed by atoms with Gasteiger partial charge in [-0.25, -0.2) is 4.98 Å². The van der Waals surface area contributed by atoms with Crippen molar-refractivity contribution >= 4 is 22.7 Å². The van der Waals surface area contributed by atoms with Crippen LogP contribution < -0.4 is 11.1 Å². The van der Waals surface area contributed by atoms with E-state index in [1.54, 1.807) is 6.07 Å². The number of fused-ring (bicyclic) bond motifs is 1. The lowest BCUT2D eigenvalue weighted by Crippen LogP contribution is -2.44. The fraction of sp³-hybridized carbons (Fsp3) is 0.462. The van der Waals surface area contributed by atoms with Gasteiger partial charge in [0.05, 0.1) is 21.5 Å². The van der Waals surface area contributed by atoms with Crippen molar-refractivity contribution in [2.24, 2.45) is 5.73 Å². The number of hydrogen-bond donors (Lipinski definition) is 3. The van der Waals surface area contributed by atoms with Crippen LogP contribution in [0.4, 0.5) is 11.6 Å². The Bertz CT molecular complexity index is 610. The van der Waals surface area contributed by atoms with Crippen molar-refractivity contribution in [3.8, 4) is 0 Å². The number of aromatic amines is 1. The average molecular weight is 277 g/mol. The molecule has 0 atom stereocenters. The van der Waals surface area contributed by atoms with Gasteiger partial charge in [-0.3, -0.25) is 10.1 Å². The van der Waals surface area contributed by atoms with Crippen LogP contribution in [-0.2, 0) is 0 Å². The van der Waals surface area contributed by atoms with E-state index in [1.165, 1.54) is 12.1 Å². The van der Waals surface area contributed by atoms with Crippen molar-refractivity contribution in [2.75, 3.05) is 11.9 Å². The van der Waals surface area contributed by atoms with Crippen LogP contribution in [0.3, 0.4) is 0 Å². The second kappa shape index (κ2) is 5.46. The van der Waals surface area contributed by atoms with Crippen LogP contribution in [0, 0.1) is 10.1 Å². The van der Waals surface area contributed by atoms with Crippen molar-refractivity contribution < 1.29 is 4.92 Å². The fourth-order valence-electron chi connectivity index (χ4n) is 2.19. The van der Waals surface area contributed by atoms with E-state index < -0.39 is 4.92 Å². The topological polar surface area (TPSA) is 110 Å². The monoisotopic (exact) mass is 277 g/mol. The minimum Gasteiger partial charge on any atom is -0.349 e. The number of hydrogen-bond acceptors (Lipinski definition) is 5. The molecule has 0 saturated heterocycles. The number of nitro benzene ring substituents is 1. The molecule has 1 heterocycles. The van der Waals surface area contributed by atoms with Gasteiger partial charge in [0.2, 0.25) is 5.95 Å². The highest BCUT2D eigenvalue weighted by atomic mass is 16.6. The molecule has 0 unspecified atom stereocenters. The molecule has 7 nitrogen and oxygen atoms in total. The van der Waals surface area contributed by atoms with E-state index in [1.807, 2.05) is 0 Å². The molecule has 0 fully saturated rings. The number of H-pyrrole nitrogens is 1. The van der Waals surface area contributed by atoms with E-state index in [4.69, 9.17) is 5.73 Å². The molecular weight excluding hydrogens is 258 g/mol. The minimum absolute atomic E-state index is 0.0452. The molecule has 0 aliphatic carbocycles. The second-order valence-electron chi connectivity index (χ2n) is 4.86. The van der Waals surface area contributed by atoms with Crippen molar-refractivity contribution in [2.45, 2.75) is 32.2 Å². The molecular formula is C13H19N5O2. The largest absolute Gasteiger partial charge is 0.349 e. The summed E-state index contributed by atoms with van der Waals surface area (Å²) in [6, 6.07) is 4.56. The molecule has 2 aromatic rings. The van der Waals surface area contributed by atoms with Crippen LogP contribution in [-0.4, -0.2) is 27.0 Å². The number of nitrogens with two attached hydrogens (primary N) is 1. The average Bonchev–Trinajstić information content (AvgIpc) is 2.85. The van der Waals surface area contributed by atoms with E-state index in [0.29, 0.717) is 23.5 Å². The van der Waals surface area contributed by atoms with Gasteiger partial charge in [-0.2, -0.15) is 0 Å². The third-order valence-electron chi connectivity index (χ3n) is 3.80. The molecule has 108 valence electrons. The summed E-state index contributed by atoms with van der Waals surface area (Å²) in [4.78, 5) is 17.8. The van der Waals surface area contributed by atoms with E-state index >= 15 is 0 Å². The predicted molar refractivity (Wildman–Crippen MR) is 78.7 cm³/mol. The molecule has 0 aliphatic heterocycles.